The SMILES string of the molecule is COC(=O)C([NH])c1cccc2ccccc12. The van der Waals surface area contributed by atoms with Gasteiger partial charge in [0.2, 0.25) is 0 Å². The topological polar surface area (TPSA) is 50.1 Å². The monoisotopic (exact) mass is 214 g/mol. The minimum absolute atomic E-state index is 0.531. The molecule has 0 aliphatic carbocycles. The van der Waals surface area contributed by atoms with Crippen LogP contribution in [0.1, 0.15) is 11.6 Å². The molecule has 0 saturated heterocycles. The van der Waals surface area contributed by atoms with E-state index in [9.17, 15) is 4.79 Å². The molecule has 0 heterocycles. The predicted octanol–water partition coefficient (Wildman–Crippen LogP) is 2.34. The molecular formula is C13H12NO2. The second-order valence-corrected chi connectivity index (χ2v) is 3.52. The molecule has 1 N–H and O–H groups in total. The Morgan fingerprint density at radius 2 is 1.88 bits per heavy atom. The largest absolute Gasteiger partial charge is 0.468 e. The van der Waals surface area contributed by atoms with Gasteiger partial charge in [0, 0.05) is 0 Å². The molecule has 0 spiro atoms. The van der Waals surface area contributed by atoms with Crippen molar-refractivity contribution < 1.29 is 9.53 Å². The van der Waals surface area contributed by atoms with Crippen LogP contribution in [-0.4, -0.2) is 13.1 Å². The van der Waals surface area contributed by atoms with E-state index in [0.717, 1.165) is 10.8 Å². The number of rotatable bonds is 2. The zero-order valence-electron chi connectivity index (χ0n) is 8.94. The van der Waals surface area contributed by atoms with Crippen molar-refractivity contribution in [1.82, 2.24) is 5.73 Å². The lowest BCUT2D eigenvalue weighted by molar-refractivity contribution is -0.142. The van der Waals surface area contributed by atoms with E-state index in [1.54, 1.807) is 6.07 Å². The summed E-state index contributed by atoms with van der Waals surface area (Å²) in [5.41, 5.74) is 8.51. The molecule has 81 valence electrons. The van der Waals surface area contributed by atoms with E-state index in [-0.39, 0.29) is 0 Å². The molecule has 0 bridgehead atoms. The van der Waals surface area contributed by atoms with Crippen molar-refractivity contribution in [1.29, 1.82) is 0 Å². The van der Waals surface area contributed by atoms with Crippen LogP contribution in [0, 0.1) is 0 Å². The number of fused-ring (bicyclic) bond motifs is 1. The second kappa shape index (κ2) is 4.33. The third-order valence-electron chi connectivity index (χ3n) is 2.57. The zero-order chi connectivity index (χ0) is 11.5. The van der Waals surface area contributed by atoms with Crippen molar-refractivity contribution in [2.45, 2.75) is 6.04 Å². The van der Waals surface area contributed by atoms with Crippen molar-refractivity contribution in [3.8, 4) is 0 Å². The van der Waals surface area contributed by atoms with Crippen LogP contribution in [0.3, 0.4) is 0 Å². The normalized spacial score (nSPS) is 12.4. The van der Waals surface area contributed by atoms with Gasteiger partial charge in [-0.05, 0) is 16.3 Å². The van der Waals surface area contributed by atoms with Crippen molar-refractivity contribution >= 4 is 16.7 Å². The van der Waals surface area contributed by atoms with E-state index in [2.05, 4.69) is 4.74 Å². The van der Waals surface area contributed by atoms with Crippen molar-refractivity contribution in [2.75, 3.05) is 7.11 Å². The lowest BCUT2D eigenvalue weighted by Gasteiger charge is -2.11. The smallest absolute Gasteiger partial charge is 0.328 e. The molecule has 2 aromatic rings. The maximum atomic E-state index is 11.3. The molecule has 1 atom stereocenters. The third kappa shape index (κ3) is 1.77. The number of carbonyl (C=O) groups is 1. The van der Waals surface area contributed by atoms with Crippen LogP contribution < -0.4 is 5.73 Å². The van der Waals surface area contributed by atoms with Crippen LogP contribution in [-0.2, 0) is 9.53 Å². The number of nitrogens with one attached hydrogen (secondary N) is 1. The summed E-state index contributed by atoms with van der Waals surface area (Å²) < 4.78 is 4.59. The minimum Gasteiger partial charge on any atom is -0.468 e. The number of hydrogen-bond donors (Lipinski definition) is 0. The Morgan fingerprint density at radius 3 is 2.62 bits per heavy atom. The minimum atomic E-state index is -0.976. The molecule has 0 fully saturated rings. The fourth-order valence-electron chi connectivity index (χ4n) is 1.75. The van der Waals surface area contributed by atoms with Crippen molar-refractivity contribution in [3.63, 3.8) is 0 Å². The van der Waals surface area contributed by atoms with Crippen LogP contribution in [0.25, 0.3) is 10.8 Å². The first-order valence-electron chi connectivity index (χ1n) is 5.00. The highest BCUT2D eigenvalue weighted by Crippen LogP contribution is 2.24. The number of methoxy groups -OCH3 is 1. The van der Waals surface area contributed by atoms with Crippen LogP contribution in [0.2, 0.25) is 0 Å². The van der Waals surface area contributed by atoms with Crippen LogP contribution in [0.15, 0.2) is 42.5 Å². The van der Waals surface area contributed by atoms with Gasteiger partial charge in [-0.15, -0.1) is 0 Å². The van der Waals surface area contributed by atoms with E-state index in [1.165, 1.54) is 7.11 Å². The van der Waals surface area contributed by atoms with E-state index >= 15 is 0 Å². The highest BCUT2D eigenvalue weighted by molar-refractivity contribution is 5.90. The molecule has 2 rings (SSSR count). The molecule has 3 nitrogen and oxygen atoms in total. The van der Waals surface area contributed by atoms with Gasteiger partial charge in [0.25, 0.3) is 0 Å². The van der Waals surface area contributed by atoms with E-state index < -0.39 is 12.0 Å². The van der Waals surface area contributed by atoms with Gasteiger partial charge in [-0.3, -0.25) is 0 Å². The summed E-state index contributed by atoms with van der Waals surface area (Å²) in [5, 5.41) is 1.96. The Kier molecular flexibility index (Phi) is 2.88. The Labute approximate surface area is 93.8 Å². The van der Waals surface area contributed by atoms with Crippen LogP contribution in [0.4, 0.5) is 0 Å². The Morgan fingerprint density at radius 1 is 1.19 bits per heavy atom. The Hall–Kier alpha value is -1.87. The van der Waals surface area contributed by atoms with Gasteiger partial charge >= 0.3 is 5.97 Å². The summed E-state index contributed by atoms with van der Waals surface area (Å²) >= 11 is 0. The molecular weight excluding hydrogens is 202 g/mol. The number of carbonyl (C=O) groups excluding carboxylic acids is 1. The number of esters is 1. The van der Waals surface area contributed by atoms with Gasteiger partial charge in [-0.2, -0.15) is 0 Å². The third-order valence-corrected chi connectivity index (χ3v) is 2.57. The summed E-state index contributed by atoms with van der Waals surface area (Å²) in [6, 6.07) is 12.3. The van der Waals surface area contributed by atoms with Gasteiger partial charge < -0.3 is 4.74 Å². The second-order valence-electron chi connectivity index (χ2n) is 3.52. The molecule has 0 aliphatic rings. The van der Waals surface area contributed by atoms with Gasteiger partial charge in [0.1, 0.15) is 6.04 Å². The average molecular weight is 214 g/mol. The predicted molar refractivity (Wildman–Crippen MR) is 61.8 cm³/mol. The molecule has 0 aliphatic heterocycles. The maximum absolute atomic E-state index is 11.3. The molecule has 2 aromatic carbocycles. The fraction of sp³-hybridized carbons (Fsp3) is 0.154. The van der Waals surface area contributed by atoms with Crippen LogP contribution >= 0.6 is 0 Å². The van der Waals surface area contributed by atoms with E-state index in [0.29, 0.717) is 5.56 Å². The number of hydrogen-bond acceptors (Lipinski definition) is 2. The highest BCUT2D eigenvalue weighted by Gasteiger charge is 2.18. The molecule has 16 heavy (non-hydrogen) atoms. The first-order valence-corrected chi connectivity index (χ1v) is 5.00. The zero-order valence-corrected chi connectivity index (χ0v) is 8.94. The van der Waals surface area contributed by atoms with Crippen LogP contribution in [0.5, 0.6) is 0 Å². The lowest BCUT2D eigenvalue weighted by atomic mass is 9.99. The Bertz CT molecular complexity index is 517. The lowest BCUT2D eigenvalue weighted by Crippen LogP contribution is -2.15. The van der Waals surface area contributed by atoms with E-state index in [1.807, 2.05) is 36.4 Å². The van der Waals surface area contributed by atoms with Crippen molar-refractivity contribution in [2.24, 2.45) is 0 Å². The molecule has 1 radical (unpaired) electrons. The standard InChI is InChI=1S/C13H12NO2/c1-16-13(15)12(14)11-8-4-6-9-5-2-3-7-10(9)11/h2-8,12,14H,1H3. The fourth-order valence-corrected chi connectivity index (χ4v) is 1.75. The quantitative estimate of drug-likeness (QED) is 0.720. The molecule has 1 unspecified atom stereocenters. The Balaban J connectivity index is 2.56. The average Bonchev–Trinajstić information content (AvgIpc) is 2.36. The summed E-state index contributed by atoms with van der Waals surface area (Å²) in [7, 11) is 1.30. The summed E-state index contributed by atoms with van der Waals surface area (Å²) in [5.74, 6) is -0.531. The number of ether oxygens (including phenoxy) is 1. The van der Waals surface area contributed by atoms with Gasteiger partial charge in [0.05, 0.1) is 7.11 Å². The molecule has 3 heteroatoms. The first-order chi connectivity index (χ1) is 7.74. The molecule has 0 amide bonds. The summed E-state index contributed by atoms with van der Waals surface area (Å²) in [4.78, 5) is 11.3. The molecule has 0 saturated carbocycles. The van der Waals surface area contributed by atoms with Gasteiger partial charge in [-0.25, -0.2) is 10.5 Å². The van der Waals surface area contributed by atoms with Gasteiger partial charge in [0.15, 0.2) is 0 Å². The highest BCUT2D eigenvalue weighted by atomic mass is 16.5. The van der Waals surface area contributed by atoms with Gasteiger partial charge in [-0.1, -0.05) is 42.5 Å². The first kappa shape index (κ1) is 10.6. The van der Waals surface area contributed by atoms with E-state index in [4.69, 9.17) is 5.73 Å². The summed E-state index contributed by atoms with van der Waals surface area (Å²) in [6.45, 7) is 0. The number of benzene rings is 2. The molecule has 0 aromatic heterocycles. The summed E-state index contributed by atoms with van der Waals surface area (Å²) in [6.07, 6.45) is 0. The van der Waals surface area contributed by atoms with Crippen molar-refractivity contribution in [3.05, 3.63) is 48.0 Å². The maximum Gasteiger partial charge on any atom is 0.328 e.